The quantitative estimate of drug-likeness (QED) is 0.759. The predicted molar refractivity (Wildman–Crippen MR) is 75.5 cm³/mol. The molecule has 0 amide bonds. The van der Waals surface area contributed by atoms with Crippen molar-refractivity contribution in [1.82, 2.24) is 10.6 Å². The van der Waals surface area contributed by atoms with Crippen molar-refractivity contribution in [1.29, 1.82) is 0 Å². The van der Waals surface area contributed by atoms with Gasteiger partial charge in [-0.25, -0.2) is 0 Å². The van der Waals surface area contributed by atoms with E-state index in [1.807, 2.05) is 6.07 Å². The second-order valence-corrected chi connectivity index (χ2v) is 5.11. The number of nitrogens with one attached hydrogen (secondary N) is 2. The second kappa shape index (κ2) is 7.69. The Labute approximate surface area is 112 Å². The van der Waals surface area contributed by atoms with Crippen LogP contribution in [0, 0.1) is 0 Å². The van der Waals surface area contributed by atoms with E-state index in [1.54, 1.807) is 7.11 Å². The molecule has 3 nitrogen and oxygen atoms in total. The molecule has 0 aliphatic rings. The maximum atomic E-state index is 5.19. The van der Waals surface area contributed by atoms with Crippen molar-refractivity contribution in [2.75, 3.05) is 20.2 Å². The van der Waals surface area contributed by atoms with Crippen LogP contribution in [0.25, 0.3) is 0 Å². The number of hydrogen-bond acceptors (Lipinski definition) is 3. The Bertz CT molecular complexity index is 342. The molecule has 0 saturated carbocycles. The molecule has 1 aromatic carbocycles. The molecule has 0 heterocycles. The minimum absolute atomic E-state index is 0.548. The fraction of sp³-hybridized carbons (Fsp3) is 0.538. The molecular weight excluding hydrogens is 280 g/mol. The van der Waals surface area contributed by atoms with E-state index < -0.39 is 0 Å². The molecule has 0 atom stereocenters. The maximum absolute atomic E-state index is 5.19. The van der Waals surface area contributed by atoms with Crippen molar-refractivity contribution < 1.29 is 4.74 Å². The van der Waals surface area contributed by atoms with Gasteiger partial charge in [0.25, 0.3) is 0 Å². The fourth-order valence-corrected chi connectivity index (χ4v) is 2.09. The summed E-state index contributed by atoms with van der Waals surface area (Å²) in [4.78, 5) is 0. The molecule has 0 aliphatic heterocycles. The molecule has 0 aromatic heterocycles. The van der Waals surface area contributed by atoms with Gasteiger partial charge in [-0.1, -0.05) is 19.9 Å². The molecule has 0 fully saturated rings. The largest absolute Gasteiger partial charge is 0.496 e. The van der Waals surface area contributed by atoms with Gasteiger partial charge in [0, 0.05) is 25.7 Å². The van der Waals surface area contributed by atoms with Gasteiger partial charge in [0.1, 0.15) is 5.75 Å². The Morgan fingerprint density at radius 2 is 2.06 bits per heavy atom. The normalized spacial score (nSPS) is 10.9. The van der Waals surface area contributed by atoms with Crippen LogP contribution in [0.1, 0.15) is 19.4 Å². The summed E-state index contributed by atoms with van der Waals surface area (Å²) < 4.78 is 6.19. The molecule has 17 heavy (non-hydrogen) atoms. The van der Waals surface area contributed by atoms with Crippen LogP contribution in [-0.2, 0) is 6.54 Å². The van der Waals surface area contributed by atoms with Crippen LogP contribution in [-0.4, -0.2) is 26.2 Å². The highest BCUT2D eigenvalue weighted by Crippen LogP contribution is 2.25. The average molecular weight is 301 g/mol. The van der Waals surface area contributed by atoms with Gasteiger partial charge in [0.2, 0.25) is 0 Å². The highest BCUT2D eigenvalue weighted by molar-refractivity contribution is 9.10. The number of halogens is 1. The Morgan fingerprint density at radius 1 is 1.29 bits per heavy atom. The number of ether oxygens (including phenoxy) is 1. The zero-order valence-electron chi connectivity index (χ0n) is 10.7. The molecule has 0 spiro atoms. The molecule has 0 unspecified atom stereocenters. The van der Waals surface area contributed by atoms with Crippen LogP contribution in [0.15, 0.2) is 22.7 Å². The third kappa shape index (κ3) is 5.52. The van der Waals surface area contributed by atoms with E-state index in [4.69, 9.17) is 4.74 Å². The minimum atomic E-state index is 0.548. The van der Waals surface area contributed by atoms with Crippen molar-refractivity contribution in [3.05, 3.63) is 28.2 Å². The summed E-state index contributed by atoms with van der Waals surface area (Å²) >= 11 is 3.48. The van der Waals surface area contributed by atoms with E-state index in [1.165, 1.54) is 5.56 Å². The van der Waals surface area contributed by atoms with Gasteiger partial charge < -0.3 is 15.4 Å². The summed E-state index contributed by atoms with van der Waals surface area (Å²) in [6.45, 7) is 7.15. The van der Waals surface area contributed by atoms with E-state index >= 15 is 0 Å². The number of benzene rings is 1. The van der Waals surface area contributed by atoms with Crippen LogP contribution < -0.4 is 15.4 Å². The standard InChI is InChI=1S/C13H21BrN2O/c1-10(2)16-7-6-15-9-11-4-5-13(17-3)12(14)8-11/h4-5,8,10,15-16H,6-7,9H2,1-3H3. The number of methoxy groups -OCH3 is 1. The van der Waals surface area contributed by atoms with Crippen molar-refractivity contribution >= 4 is 15.9 Å². The third-order valence-electron chi connectivity index (χ3n) is 2.40. The van der Waals surface area contributed by atoms with Crippen LogP contribution in [0.5, 0.6) is 5.75 Å². The van der Waals surface area contributed by atoms with Crippen LogP contribution in [0.4, 0.5) is 0 Å². The summed E-state index contributed by atoms with van der Waals surface area (Å²) in [6, 6.07) is 6.69. The average Bonchev–Trinajstić information content (AvgIpc) is 2.28. The predicted octanol–water partition coefficient (Wildman–Crippen LogP) is 2.55. The van der Waals surface area contributed by atoms with Gasteiger partial charge in [0.05, 0.1) is 11.6 Å². The highest BCUT2D eigenvalue weighted by atomic mass is 79.9. The summed E-state index contributed by atoms with van der Waals surface area (Å²) in [5.41, 5.74) is 1.25. The Hall–Kier alpha value is -0.580. The Balaban J connectivity index is 2.30. The molecule has 0 radical (unpaired) electrons. The lowest BCUT2D eigenvalue weighted by Gasteiger charge is -2.10. The number of rotatable bonds is 7. The van der Waals surface area contributed by atoms with Crippen LogP contribution in [0.3, 0.4) is 0 Å². The molecule has 0 bridgehead atoms. The highest BCUT2D eigenvalue weighted by Gasteiger charge is 2.00. The minimum Gasteiger partial charge on any atom is -0.496 e. The Morgan fingerprint density at radius 3 is 2.65 bits per heavy atom. The lowest BCUT2D eigenvalue weighted by atomic mass is 10.2. The maximum Gasteiger partial charge on any atom is 0.133 e. The lowest BCUT2D eigenvalue weighted by Crippen LogP contribution is -2.31. The van der Waals surface area contributed by atoms with Gasteiger partial charge in [0.15, 0.2) is 0 Å². The molecule has 2 N–H and O–H groups in total. The molecular formula is C13H21BrN2O. The molecule has 0 saturated heterocycles. The summed E-state index contributed by atoms with van der Waals surface area (Å²) in [5.74, 6) is 0.871. The van der Waals surface area contributed by atoms with Gasteiger partial charge in [-0.2, -0.15) is 0 Å². The van der Waals surface area contributed by atoms with Crippen LogP contribution >= 0.6 is 15.9 Å². The summed E-state index contributed by atoms with van der Waals surface area (Å²) in [5, 5.41) is 6.77. The first kappa shape index (κ1) is 14.5. The molecule has 1 rings (SSSR count). The van der Waals surface area contributed by atoms with Crippen molar-refractivity contribution in [2.24, 2.45) is 0 Å². The van der Waals surface area contributed by atoms with Crippen molar-refractivity contribution in [3.63, 3.8) is 0 Å². The van der Waals surface area contributed by atoms with Gasteiger partial charge in [-0.05, 0) is 33.6 Å². The van der Waals surface area contributed by atoms with E-state index in [9.17, 15) is 0 Å². The first-order chi connectivity index (χ1) is 8.13. The second-order valence-electron chi connectivity index (χ2n) is 4.25. The topological polar surface area (TPSA) is 33.3 Å². The molecule has 1 aromatic rings. The van der Waals surface area contributed by atoms with Gasteiger partial charge in [-0.3, -0.25) is 0 Å². The van der Waals surface area contributed by atoms with E-state index in [0.717, 1.165) is 29.9 Å². The molecule has 96 valence electrons. The first-order valence-corrected chi connectivity index (χ1v) is 6.69. The smallest absolute Gasteiger partial charge is 0.133 e. The zero-order valence-corrected chi connectivity index (χ0v) is 12.3. The third-order valence-corrected chi connectivity index (χ3v) is 3.02. The lowest BCUT2D eigenvalue weighted by molar-refractivity contribution is 0.412. The van der Waals surface area contributed by atoms with Gasteiger partial charge >= 0.3 is 0 Å². The van der Waals surface area contributed by atoms with Crippen molar-refractivity contribution in [2.45, 2.75) is 26.4 Å². The first-order valence-electron chi connectivity index (χ1n) is 5.90. The Kier molecular flexibility index (Phi) is 6.55. The zero-order chi connectivity index (χ0) is 12.7. The summed E-state index contributed by atoms with van der Waals surface area (Å²) in [7, 11) is 1.68. The monoisotopic (exact) mass is 300 g/mol. The van der Waals surface area contributed by atoms with Crippen LogP contribution in [0.2, 0.25) is 0 Å². The van der Waals surface area contributed by atoms with E-state index in [0.29, 0.717) is 6.04 Å². The fourth-order valence-electron chi connectivity index (χ4n) is 1.50. The molecule has 4 heteroatoms. The summed E-state index contributed by atoms with van der Waals surface area (Å²) in [6.07, 6.45) is 0. The number of hydrogen-bond donors (Lipinski definition) is 2. The van der Waals surface area contributed by atoms with E-state index in [-0.39, 0.29) is 0 Å². The van der Waals surface area contributed by atoms with E-state index in [2.05, 4.69) is 52.5 Å². The SMILES string of the molecule is COc1ccc(CNCCNC(C)C)cc1Br. The van der Waals surface area contributed by atoms with Gasteiger partial charge in [-0.15, -0.1) is 0 Å². The molecule has 0 aliphatic carbocycles. The van der Waals surface area contributed by atoms with Crippen molar-refractivity contribution in [3.8, 4) is 5.75 Å².